The maximum atomic E-state index is 9.01. The van der Waals surface area contributed by atoms with Gasteiger partial charge in [-0.25, -0.2) is 0 Å². The summed E-state index contributed by atoms with van der Waals surface area (Å²) >= 11 is 0. The normalized spacial score (nSPS) is 8.75. The van der Waals surface area contributed by atoms with Gasteiger partial charge in [-0.3, -0.25) is 4.98 Å². The van der Waals surface area contributed by atoms with Crippen molar-refractivity contribution in [2.45, 2.75) is 26.7 Å². The second kappa shape index (κ2) is 13.5. The molecule has 1 aromatic heterocycles. The van der Waals surface area contributed by atoms with Gasteiger partial charge >= 0.3 is 21.1 Å². The van der Waals surface area contributed by atoms with Gasteiger partial charge < -0.3 is 5.11 Å². The molecular weight excluding hydrogens is 466 g/mol. The third kappa shape index (κ3) is 8.64. The van der Waals surface area contributed by atoms with E-state index in [-0.39, 0.29) is 26.8 Å². The minimum absolute atomic E-state index is 0. The number of rotatable bonds is 3. The van der Waals surface area contributed by atoms with Crippen molar-refractivity contribution in [2.24, 2.45) is 0 Å². The van der Waals surface area contributed by atoms with Crippen molar-refractivity contribution in [3.8, 4) is 0 Å². The molecule has 0 unspecified atom stereocenters. The molecular formula is C21H23NOW. The van der Waals surface area contributed by atoms with E-state index in [0.29, 0.717) is 6.42 Å². The molecule has 3 aromatic rings. The molecule has 0 fully saturated rings. The van der Waals surface area contributed by atoms with Gasteiger partial charge in [-0.2, -0.15) is 54.6 Å². The number of hydrogen-bond acceptors (Lipinski definition) is 2. The van der Waals surface area contributed by atoms with Gasteiger partial charge in [0.05, 0.1) is 5.76 Å². The van der Waals surface area contributed by atoms with E-state index in [1.807, 2.05) is 68.6 Å². The second-order valence-electron chi connectivity index (χ2n) is 4.61. The summed E-state index contributed by atoms with van der Waals surface area (Å²) in [7, 11) is 0. The number of hydrogen-bond donors (Lipinski definition) is 1. The molecule has 124 valence electrons. The van der Waals surface area contributed by atoms with E-state index in [4.69, 9.17) is 5.11 Å². The van der Waals surface area contributed by atoms with Gasteiger partial charge in [0.25, 0.3) is 0 Å². The van der Waals surface area contributed by atoms with Gasteiger partial charge in [-0.15, -0.1) is 17.5 Å². The molecule has 0 bridgehead atoms. The summed E-state index contributed by atoms with van der Waals surface area (Å²) in [5.74, 6) is 0.217. The van der Waals surface area contributed by atoms with E-state index in [2.05, 4.69) is 29.8 Å². The summed E-state index contributed by atoms with van der Waals surface area (Å²) in [6, 6.07) is 23.3. The average molecular weight is 489 g/mol. The number of benzene rings is 2. The number of allylic oxidation sites excluding steroid dienone is 1. The van der Waals surface area contributed by atoms with Crippen LogP contribution in [-0.2, 0) is 27.5 Å². The van der Waals surface area contributed by atoms with E-state index < -0.39 is 0 Å². The Morgan fingerprint density at radius 3 is 2.38 bits per heavy atom. The topological polar surface area (TPSA) is 33.1 Å². The van der Waals surface area contributed by atoms with E-state index in [1.54, 1.807) is 0 Å². The summed E-state index contributed by atoms with van der Waals surface area (Å²) in [5, 5.41) is 10.1. The zero-order valence-corrected chi connectivity index (χ0v) is 17.1. The molecule has 0 spiro atoms. The van der Waals surface area contributed by atoms with E-state index in [1.165, 1.54) is 0 Å². The molecule has 3 rings (SSSR count). The smallest absolute Gasteiger partial charge is 0.513 e. The molecule has 2 aromatic carbocycles. The SMILES string of the molecule is C=C(O)CCc1cnc2cc[c-]cc2c1.CC.[W+2].[c-]1ccccc1. The molecule has 0 aliphatic heterocycles. The van der Waals surface area contributed by atoms with Crippen LogP contribution in [0.4, 0.5) is 0 Å². The van der Waals surface area contributed by atoms with Gasteiger partial charge in [0.1, 0.15) is 0 Å². The van der Waals surface area contributed by atoms with E-state index in [0.717, 1.165) is 22.9 Å². The summed E-state index contributed by atoms with van der Waals surface area (Å²) in [5.41, 5.74) is 2.08. The maximum absolute atomic E-state index is 9.01. The largest absolute Gasteiger partial charge is 2.00 e. The van der Waals surface area contributed by atoms with Crippen LogP contribution < -0.4 is 0 Å². The van der Waals surface area contributed by atoms with Gasteiger partial charge in [-0.1, -0.05) is 20.4 Å². The molecule has 0 saturated heterocycles. The second-order valence-corrected chi connectivity index (χ2v) is 4.61. The molecule has 2 nitrogen and oxygen atoms in total. The Labute approximate surface area is 159 Å². The van der Waals surface area contributed by atoms with Crippen LogP contribution in [0.1, 0.15) is 25.8 Å². The molecule has 0 saturated carbocycles. The van der Waals surface area contributed by atoms with Gasteiger partial charge in [0.15, 0.2) is 0 Å². The monoisotopic (exact) mass is 489 g/mol. The maximum Gasteiger partial charge on any atom is 2.00 e. The van der Waals surface area contributed by atoms with Crippen LogP contribution >= 0.6 is 0 Å². The third-order valence-corrected chi connectivity index (χ3v) is 2.89. The number of nitrogens with zero attached hydrogens (tertiary/aromatic N) is 1. The quantitative estimate of drug-likeness (QED) is 0.387. The third-order valence-electron chi connectivity index (χ3n) is 2.89. The number of fused-ring (bicyclic) bond motifs is 1. The van der Waals surface area contributed by atoms with Crippen LogP contribution in [0.25, 0.3) is 10.9 Å². The molecule has 0 aliphatic carbocycles. The fourth-order valence-electron chi connectivity index (χ4n) is 1.83. The first-order valence-corrected chi connectivity index (χ1v) is 7.78. The van der Waals surface area contributed by atoms with Gasteiger partial charge in [-0.05, 0) is 17.5 Å². The minimum atomic E-state index is 0. The Kier molecular flexibility index (Phi) is 12.4. The Morgan fingerprint density at radius 1 is 1.12 bits per heavy atom. The number of aliphatic hydroxyl groups excluding tert-OH is 1. The average Bonchev–Trinajstić information content (AvgIpc) is 2.63. The van der Waals surface area contributed by atoms with Crippen LogP contribution in [0.15, 0.2) is 73.1 Å². The van der Waals surface area contributed by atoms with Gasteiger partial charge in [0, 0.05) is 12.6 Å². The fourth-order valence-corrected chi connectivity index (χ4v) is 1.83. The Balaban J connectivity index is 0.000000496. The summed E-state index contributed by atoms with van der Waals surface area (Å²) in [6.07, 6.45) is 3.20. The van der Waals surface area contributed by atoms with Crippen molar-refractivity contribution in [1.82, 2.24) is 4.98 Å². The fraction of sp³-hybridized carbons (Fsp3) is 0.190. The van der Waals surface area contributed by atoms with Crippen LogP contribution in [0, 0.1) is 12.1 Å². The van der Waals surface area contributed by atoms with Crippen LogP contribution in [-0.4, -0.2) is 10.1 Å². The molecule has 0 aliphatic rings. The van der Waals surface area contributed by atoms with Crippen molar-refractivity contribution in [1.29, 1.82) is 0 Å². The van der Waals surface area contributed by atoms with Crippen LogP contribution in [0.5, 0.6) is 0 Å². The van der Waals surface area contributed by atoms with Crippen molar-refractivity contribution in [3.63, 3.8) is 0 Å². The van der Waals surface area contributed by atoms with Crippen molar-refractivity contribution >= 4 is 10.9 Å². The predicted octanol–water partition coefficient (Wildman–Crippen LogP) is 5.55. The summed E-state index contributed by atoms with van der Waals surface area (Å²) < 4.78 is 0. The zero-order valence-electron chi connectivity index (χ0n) is 14.2. The Bertz CT molecular complexity index is 672. The number of pyridine rings is 1. The van der Waals surface area contributed by atoms with Crippen molar-refractivity contribution < 1.29 is 26.2 Å². The first kappa shape index (κ1) is 22.1. The zero-order chi connectivity index (χ0) is 16.9. The van der Waals surface area contributed by atoms with Crippen LogP contribution in [0.2, 0.25) is 0 Å². The number of aromatic nitrogens is 1. The molecule has 0 atom stereocenters. The number of aliphatic hydroxyl groups is 1. The molecule has 1 heterocycles. The van der Waals surface area contributed by atoms with Crippen molar-refractivity contribution in [2.75, 3.05) is 0 Å². The van der Waals surface area contributed by atoms with Crippen LogP contribution in [0.3, 0.4) is 0 Å². The van der Waals surface area contributed by atoms with E-state index in [9.17, 15) is 0 Å². The number of aryl methyl sites for hydroxylation is 1. The molecule has 0 radical (unpaired) electrons. The van der Waals surface area contributed by atoms with Gasteiger partial charge in [0.2, 0.25) is 0 Å². The standard InChI is InChI=1S/C13H12NO.C6H5.C2H6.W/c1-10(15)6-7-11-8-12-4-2-3-5-13(12)14-9-11;1-2-4-6-5-3-1;1-2;/h3-5,8-9,15H,1,6-7H2;1-5H;1-2H3;/q2*-1;;+2. The first-order chi connectivity index (χ1) is 11.3. The molecule has 3 heteroatoms. The summed E-state index contributed by atoms with van der Waals surface area (Å²) in [6.45, 7) is 7.46. The Hall–Kier alpha value is -1.92. The molecule has 1 N–H and O–H groups in total. The first-order valence-electron chi connectivity index (χ1n) is 7.78. The molecule has 24 heavy (non-hydrogen) atoms. The summed E-state index contributed by atoms with van der Waals surface area (Å²) in [4.78, 5) is 4.33. The predicted molar refractivity (Wildman–Crippen MR) is 97.3 cm³/mol. The minimum Gasteiger partial charge on any atom is -0.513 e. The van der Waals surface area contributed by atoms with E-state index >= 15 is 0 Å². The Morgan fingerprint density at radius 2 is 1.83 bits per heavy atom. The molecule has 0 amide bonds. The van der Waals surface area contributed by atoms with Crippen molar-refractivity contribution in [3.05, 3.63) is 90.8 Å².